The van der Waals surface area contributed by atoms with Crippen LogP contribution in [0.15, 0.2) is 81.9 Å². The lowest BCUT2D eigenvalue weighted by Gasteiger charge is -2.26. The molecular formula is C29H25Cl2N3O6. The monoisotopic (exact) mass is 581 g/mol. The van der Waals surface area contributed by atoms with E-state index in [9.17, 15) is 19.2 Å². The minimum absolute atomic E-state index is 0.0966. The lowest BCUT2D eigenvalue weighted by molar-refractivity contribution is -0.136. The van der Waals surface area contributed by atoms with Gasteiger partial charge in [0.2, 0.25) is 0 Å². The average Bonchev–Trinajstić information content (AvgIpc) is 3.50. The first kappa shape index (κ1) is 28.7. The summed E-state index contributed by atoms with van der Waals surface area (Å²) >= 11 is 11.8. The maximum atomic E-state index is 13.5. The molecular weight excluding hydrogens is 557 g/mol. The molecule has 2 heterocycles. The Kier molecular flexibility index (Phi) is 8.77. The van der Waals surface area contributed by atoms with Crippen LogP contribution in [0.5, 0.6) is 0 Å². The van der Waals surface area contributed by atoms with Gasteiger partial charge in [0.15, 0.2) is 0 Å². The highest BCUT2D eigenvalue weighted by molar-refractivity contribution is 6.43. The Bertz CT molecular complexity index is 1540. The van der Waals surface area contributed by atoms with Crippen LogP contribution in [0.4, 0.5) is 5.69 Å². The molecule has 40 heavy (non-hydrogen) atoms. The minimum atomic E-state index is -0.903. The van der Waals surface area contributed by atoms with Gasteiger partial charge in [-0.2, -0.15) is 0 Å². The first-order valence-electron chi connectivity index (χ1n) is 12.1. The van der Waals surface area contributed by atoms with Crippen molar-refractivity contribution in [3.63, 3.8) is 0 Å². The molecule has 0 fully saturated rings. The van der Waals surface area contributed by atoms with Crippen molar-refractivity contribution in [1.29, 1.82) is 0 Å². The number of hydrogen-bond donors (Lipinski definition) is 2. The highest BCUT2D eigenvalue weighted by Gasteiger charge is 2.39. The van der Waals surface area contributed by atoms with E-state index in [1.807, 2.05) is 37.3 Å². The second-order valence-electron chi connectivity index (χ2n) is 8.84. The van der Waals surface area contributed by atoms with Crippen molar-refractivity contribution >= 4 is 58.7 Å². The van der Waals surface area contributed by atoms with Crippen molar-refractivity contribution in [1.82, 2.24) is 10.2 Å². The van der Waals surface area contributed by atoms with Gasteiger partial charge in [0.25, 0.3) is 5.91 Å². The van der Waals surface area contributed by atoms with Gasteiger partial charge in [-0.3, -0.25) is 14.4 Å². The van der Waals surface area contributed by atoms with E-state index in [1.54, 1.807) is 24.0 Å². The maximum absolute atomic E-state index is 13.5. The van der Waals surface area contributed by atoms with E-state index >= 15 is 0 Å². The van der Waals surface area contributed by atoms with Crippen LogP contribution in [-0.4, -0.2) is 35.7 Å². The number of hydrogen-bond acceptors (Lipinski definition) is 6. The van der Waals surface area contributed by atoms with Crippen LogP contribution in [0.1, 0.15) is 37.0 Å². The quantitative estimate of drug-likeness (QED) is 0.223. The zero-order valence-corrected chi connectivity index (χ0v) is 23.3. The number of benzene rings is 2. The normalized spacial score (nSPS) is 14.9. The second kappa shape index (κ2) is 12.2. The number of methoxy groups -OCH3 is 1. The smallest absolute Gasteiger partial charge is 0.340 e. The van der Waals surface area contributed by atoms with E-state index in [0.717, 1.165) is 5.56 Å². The highest BCUT2D eigenvalue weighted by Crippen LogP contribution is 2.37. The van der Waals surface area contributed by atoms with Gasteiger partial charge in [-0.1, -0.05) is 53.5 Å². The van der Waals surface area contributed by atoms with Crippen molar-refractivity contribution < 1.29 is 28.3 Å². The summed E-state index contributed by atoms with van der Waals surface area (Å²) in [6, 6.07) is 16.7. The summed E-state index contributed by atoms with van der Waals surface area (Å²) in [5, 5.41) is 5.44. The summed E-state index contributed by atoms with van der Waals surface area (Å²) < 4.78 is 10.7. The zero-order valence-electron chi connectivity index (χ0n) is 21.8. The zero-order chi connectivity index (χ0) is 29.0. The van der Waals surface area contributed by atoms with Crippen LogP contribution in [0.2, 0.25) is 10.0 Å². The molecule has 3 aromatic rings. The summed E-state index contributed by atoms with van der Waals surface area (Å²) in [7, 11) is 1.25. The molecule has 0 saturated heterocycles. The van der Waals surface area contributed by atoms with Crippen LogP contribution < -0.4 is 10.6 Å². The number of anilines is 1. The predicted octanol–water partition coefficient (Wildman–Crippen LogP) is 5.28. The molecule has 0 aliphatic carbocycles. The van der Waals surface area contributed by atoms with Gasteiger partial charge in [-0.05, 0) is 55.8 Å². The van der Waals surface area contributed by atoms with Crippen LogP contribution in [0.3, 0.4) is 0 Å². The lowest BCUT2D eigenvalue weighted by atomic mass is 10.1. The summed E-state index contributed by atoms with van der Waals surface area (Å²) in [6.45, 7) is 3.47. The number of furan rings is 1. The number of amides is 3. The molecule has 0 spiro atoms. The van der Waals surface area contributed by atoms with Crippen molar-refractivity contribution in [2.75, 3.05) is 12.4 Å². The third kappa shape index (κ3) is 6.11. The Morgan fingerprint density at radius 3 is 2.42 bits per heavy atom. The molecule has 11 heteroatoms. The standard InChI is InChI=1S/C29H25Cl2N3O6/c1-16(18-7-5-4-6-8-18)34-17(2)25(29(38)39-3)22(28(34)37)14-20-10-11-21(40-20)15-32-26(35)27(36)33-19-9-12-23(30)24(31)13-19/h4-14,16H,15H2,1-3H3,(H,32,35)(H,33,36)/b22-14+/t16-/m0/s1. The molecule has 1 aromatic heterocycles. The SMILES string of the molecule is COC(=O)C1=C(C)N([C@@H](C)c2ccccc2)C(=O)/C1=C/c1ccc(CNC(=O)C(=O)Nc2ccc(Cl)c(Cl)c2)o1. The molecule has 3 amide bonds. The molecule has 2 aromatic carbocycles. The fraction of sp³-hybridized carbons (Fsp3) is 0.172. The number of rotatable bonds is 7. The molecule has 2 N–H and O–H groups in total. The number of halogens is 2. The van der Waals surface area contributed by atoms with Crippen molar-refractivity contribution in [2.45, 2.75) is 26.4 Å². The van der Waals surface area contributed by atoms with Gasteiger partial charge in [-0.15, -0.1) is 0 Å². The second-order valence-corrected chi connectivity index (χ2v) is 9.66. The van der Waals surface area contributed by atoms with Crippen molar-refractivity contribution in [3.8, 4) is 0 Å². The van der Waals surface area contributed by atoms with Crippen molar-refractivity contribution in [3.05, 3.63) is 105 Å². The van der Waals surface area contributed by atoms with E-state index in [-0.39, 0.29) is 40.4 Å². The molecule has 206 valence electrons. The summed E-state index contributed by atoms with van der Waals surface area (Å²) in [5.41, 5.74) is 1.94. The van der Waals surface area contributed by atoms with E-state index in [4.69, 9.17) is 32.4 Å². The Morgan fingerprint density at radius 1 is 1.02 bits per heavy atom. The Morgan fingerprint density at radius 2 is 1.75 bits per heavy atom. The third-order valence-corrected chi connectivity index (χ3v) is 7.02. The first-order valence-corrected chi connectivity index (χ1v) is 12.9. The predicted molar refractivity (Wildman–Crippen MR) is 150 cm³/mol. The minimum Gasteiger partial charge on any atom is -0.465 e. The number of carbonyl (C=O) groups excluding carboxylic acids is 4. The lowest BCUT2D eigenvalue weighted by Crippen LogP contribution is -2.34. The summed E-state index contributed by atoms with van der Waals surface area (Å²) in [4.78, 5) is 52.2. The van der Waals surface area contributed by atoms with Crippen LogP contribution >= 0.6 is 23.2 Å². The number of nitrogens with zero attached hydrogens (tertiary/aromatic N) is 1. The largest absolute Gasteiger partial charge is 0.465 e. The molecule has 9 nitrogen and oxygen atoms in total. The van der Waals surface area contributed by atoms with Gasteiger partial charge < -0.3 is 24.7 Å². The van der Waals surface area contributed by atoms with Crippen molar-refractivity contribution in [2.24, 2.45) is 0 Å². The van der Waals surface area contributed by atoms with Crippen LogP contribution in [0.25, 0.3) is 6.08 Å². The molecule has 1 aliphatic heterocycles. The van der Waals surface area contributed by atoms with E-state index in [0.29, 0.717) is 22.2 Å². The van der Waals surface area contributed by atoms with Crippen LogP contribution in [-0.2, 0) is 30.5 Å². The van der Waals surface area contributed by atoms with Gasteiger partial charge >= 0.3 is 17.8 Å². The molecule has 0 bridgehead atoms. The Hall–Kier alpha value is -4.34. The maximum Gasteiger partial charge on any atom is 0.340 e. The number of carbonyl (C=O) groups is 4. The topological polar surface area (TPSA) is 118 Å². The van der Waals surface area contributed by atoms with Gasteiger partial charge in [0, 0.05) is 11.4 Å². The Balaban J connectivity index is 1.48. The van der Waals surface area contributed by atoms with Crippen LogP contribution in [0, 0.1) is 0 Å². The number of nitrogens with one attached hydrogen (secondary N) is 2. The number of allylic oxidation sites excluding steroid dienone is 1. The summed E-state index contributed by atoms with van der Waals surface area (Å²) in [6.07, 6.45) is 1.46. The fourth-order valence-corrected chi connectivity index (χ4v) is 4.56. The average molecular weight is 582 g/mol. The molecule has 4 rings (SSSR count). The molecule has 0 radical (unpaired) electrons. The molecule has 1 aliphatic rings. The van der Waals surface area contributed by atoms with Gasteiger partial charge in [0.05, 0.1) is 40.9 Å². The number of ether oxygens (including phenoxy) is 1. The fourth-order valence-electron chi connectivity index (χ4n) is 4.26. The van der Waals surface area contributed by atoms with E-state index in [1.165, 1.54) is 31.4 Å². The third-order valence-electron chi connectivity index (χ3n) is 6.28. The molecule has 0 saturated carbocycles. The Labute approximate surface area is 240 Å². The summed E-state index contributed by atoms with van der Waals surface area (Å²) in [5.74, 6) is -2.23. The first-order chi connectivity index (χ1) is 19.1. The van der Waals surface area contributed by atoms with Gasteiger partial charge in [0.1, 0.15) is 11.5 Å². The molecule has 0 unspecified atom stereocenters. The highest BCUT2D eigenvalue weighted by atomic mass is 35.5. The van der Waals surface area contributed by atoms with E-state index < -0.39 is 17.8 Å². The molecule has 1 atom stereocenters. The van der Waals surface area contributed by atoms with Gasteiger partial charge in [-0.25, -0.2) is 4.79 Å². The number of esters is 1. The van der Waals surface area contributed by atoms with E-state index in [2.05, 4.69) is 10.6 Å².